The zero-order valence-electron chi connectivity index (χ0n) is 15.8. The van der Waals surface area contributed by atoms with Crippen LogP contribution in [-0.2, 0) is 0 Å². The molecule has 3 aromatic carbocycles. The van der Waals surface area contributed by atoms with Crippen molar-refractivity contribution in [3.05, 3.63) is 90.3 Å². The molecule has 5 nitrogen and oxygen atoms in total. The number of carbonyl (C=O) groups excluding carboxylic acids is 1. The Bertz CT molecular complexity index is 1220. The fraction of sp³-hybridized carbons (Fsp3) is 0.167. The Hall–Kier alpha value is -3.60. The maximum absolute atomic E-state index is 13.2. The number of benzene rings is 3. The summed E-state index contributed by atoms with van der Waals surface area (Å²) in [6.07, 6.45) is 3.86. The van der Waals surface area contributed by atoms with Gasteiger partial charge in [-0.25, -0.2) is 4.98 Å². The Balaban J connectivity index is 1.38. The molecule has 6 rings (SSSR count). The summed E-state index contributed by atoms with van der Waals surface area (Å²) < 4.78 is 2.09. The van der Waals surface area contributed by atoms with E-state index in [1.165, 1.54) is 0 Å². The van der Waals surface area contributed by atoms with Crippen molar-refractivity contribution in [3.8, 4) is 5.69 Å². The fourth-order valence-corrected chi connectivity index (χ4v) is 4.22. The molecule has 4 aromatic rings. The highest BCUT2D eigenvalue weighted by molar-refractivity contribution is 6.02. The standard InChI is InChI=1S/C24H20N4O/c29-24-19-5-1-2-6-20(19)26-23(28(24)18-13-14-18)16-9-11-17(12-10-16)27-15-25-21-7-3-4-8-22(21)27/h1-12,15,18,23,26H,13-14H2/t23-/m1/s1. The Kier molecular flexibility index (Phi) is 3.50. The lowest BCUT2D eigenvalue weighted by Crippen LogP contribution is -2.44. The molecule has 0 unspecified atom stereocenters. The van der Waals surface area contributed by atoms with Gasteiger partial charge in [0.05, 0.1) is 16.6 Å². The molecule has 0 spiro atoms. The molecule has 1 aliphatic carbocycles. The van der Waals surface area contributed by atoms with Crippen molar-refractivity contribution in [2.45, 2.75) is 25.0 Å². The minimum atomic E-state index is -0.140. The van der Waals surface area contributed by atoms with Crippen LogP contribution < -0.4 is 5.32 Å². The minimum absolute atomic E-state index is 0.122. The number of aromatic nitrogens is 2. The van der Waals surface area contributed by atoms with Crippen LogP contribution in [0.3, 0.4) is 0 Å². The van der Waals surface area contributed by atoms with Gasteiger partial charge in [-0.2, -0.15) is 0 Å². The van der Waals surface area contributed by atoms with Crippen LogP contribution in [0.2, 0.25) is 0 Å². The lowest BCUT2D eigenvalue weighted by molar-refractivity contribution is 0.0666. The van der Waals surface area contributed by atoms with Gasteiger partial charge in [-0.05, 0) is 54.8 Å². The second-order valence-electron chi connectivity index (χ2n) is 7.73. The van der Waals surface area contributed by atoms with Gasteiger partial charge in [0.15, 0.2) is 0 Å². The molecule has 2 aliphatic rings. The molecular formula is C24H20N4O. The van der Waals surface area contributed by atoms with Crippen molar-refractivity contribution in [3.63, 3.8) is 0 Å². The molecule has 0 saturated heterocycles. The molecule has 142 valence electrons. The van der Waals surface area contributed by atoms with Crippen LogP contribution in [0.4, 0.5) is 5.69 Å². The SMILES string of the molecule is O=C1c2ccccc2N[C@@H](c2ccc(-n3cnc4ccccc43)cc2)N1C1CC1. The van der Waals surface area contributed by atoms with Gasteiger partial charge in [-0.15, -0.1) is 0 Å². The van der Waals surface area contributed by atoms with Crippen LogP contribution in [0.1, 0.15) is 34.9 Å². The van der Waals surface area contributed by atoms with E-state index in [1.807, 2.05) is 53.7 Å². The Morgan fingerprint density at radius 1 is 0.897 bits per heavy atom. The number of hydrogen-bond acceptors (Lipinski definition) is 3. The molecule has 1 aromatic heterocycles. The first-order valence-corrected chi connectivity index (χ1v) is 10.0. The van der Waals surface area contributed by atoms with Gasteiger partial charge in [0.1, 0.15) is 12.5 Å². The smallest absolute Gasteiger partial charge is 0.258 e. The van der Waals surface area contributed by atoms with Gasteiger partial charge in [-0.3, -0.25) is 9.36 Å². The van der Waals surface area contributed by atoms with Gasteiger partial charge in [0, 0.05) is 17.4 Å². The third kappa shape index (κ3) is 2.62. The van der Waals surface area contributed by atoms with Gasteiger partial charge in [0.25, 0.3) is 5.91 Å². The fourth-order valence-electron chi connectivity index (χ4n) is 4.22. The van der Waals surface area contributed by atoms with E-state index in [4.69, 9.17) is 0 Å². The summed E-state index contributed by atoms with van der Waals surface area (Å²) in [6.45, 7) is 0. The van der Waals surface area contributed by atoms with E-state index in [2.05, 4.69) is 45.2 Å². The number of amides is 1. The number of hydrogen-bond donors (Lipinski definition) is 1. The van der Waals surface area contributed by atoms with E-state index in [-0.39, 0.29) is 12.1 Å². The van der Waals surface area contributed by atoms with Crippen LogP contribution in [0.25, 0.3) is 16.7 Å². The molecule has 0 bridgehead atoms. The molecule has 1 fully saturated rings. The predicted molar refractivity (Wildman–Crippen MR) is 113 cm³/mol. The number of nitrogens with zero attached hydrogens (tertiary/aromatic N) is 3. The highest BCUT2D eigenvalue weighted by atomic mass is 16.2. The van der Waals surface area contributed by atoms with E-state index < -0.39 is 0 Å². The van der Waals surface area contributed by atoms with Gasteiger partial charge < -0.3 is 10.2 Å². The number of para-hydroxylation sites is 3. The van der Waals surface area contributed by atoms with Crippen LogP contribution in [0, 0.1) is 0 Å². The molecule has 1 N–H and O–H groups in total. The Morgan fingerprint density at radius 3 is 2.48 bits per heavy atom. The number of anilines is 1. The summed E-state index contributed by atoms with van der Waals surface area (Å²) in [6, 6.07) is 24.6. The molecule has 0 radical (unpaired) electrons. The third-order valence-corrected chi connectivity index (χ3v) is 5.84. The summed E-state index contributed by atoms with van der Waals surface area (Å²) in [5, 5.41) is 3.58. The summed E-state index contributed by atoms with van der Waals surface area (Å²) in [5.74, 6) is 0.122. The van der Waals surface area contributed by atoms with E-state index in [9.17, 15) is 4.79 Å². The van der Waals surface area contributed by atoms with E-state index in [0.717, 1.165) is 46.4 Å². The first-order chi connectivity index (χ1) is 14.3. The van der Waals surface area contributed by atoms with E-state index >= 15 is 0 Å². The van der Waals surface area contributed by atoms with Crippen molar-refractivity contribution < 1.29 is 4.79 Å². The number of rotatable bonds is 3. The Morgan fingerprint density at radius 2 is 1.66 bits per heavy atom. The molecule has 1 amide bonds. The second kappa shape index (κ2) is 6.21. The summed E-state index contributed by atoms with van der Waals surface area (Å²) in [4.78, 5) is 19.7. The maximum atomic E-state index is 13.2. The largest absolute Gasteiger partial charge is 0.361 e. The molecule has 1 aliphatic heterocycles. The topological polar surface area (TPSA) is 50.2 Å². The van der Waals surface area contributed by atoms with Gasteiger partial charge in [-0.1, -0.05) is 36.4 Å². The molecule has 1 atom stereocenters. The van der Waals surface area contributed by atoms with Crippen LogP contribution in [-0.4, -0.2) is 26.4 Å². The average molecular weight is 380 g/mol. The highest BCUT2D eigenvalue weighted by Gasteiger charge is 2.41. The molecular weight excluding hydrogens is 360 g/mol. The van der Waals surface area contributed by atoms with Crippen molar-refractivity contribution in [2.75, 3.05) is 5.32 Å². The zero-order valence-corrected chi connectivity index (χ0v) is 15.8. The van der Waals surface area contributed by atoms with Crippen molar-refractivity contribution in [1.29, 1.82) is 0 Å². The van der Waals surface area contributed by atoms with Crippen molar-refractivity contribution in [2.24, 2.45) is 0 Å². The maximum Gasteiger partial charge on any atom is 0.258 e. The molecule has 5 heteroatoms. The monoisotopic (exact) mass is 380 g/mol. The first kappa shape index (κ1) is 16.4. The molecule has 1 saturated carbocycles. The van der Waals surface area contributed by atoms with Gasteiger partial charge >= 0.3 is 0 Å². The predicted octanol–water partition coefficient (Wildman–Crippen LogP) is 4.75. The summed E-state index contributed by atoms with van der Waals surface area (Å²) in [7, 11) is 0. The second-order valence-corrected chi connectivity index (χ2v) is 7.73. The molecule has 29 heavy (non-hydrogen) atoms. The highest BCUT2D eigenvalue weighted by Crippen LogP contribution is 2.40. The van der Waals surface area contributed by atoms with E-state index in [1.54, 1.807) is 0 Å². The third-order valence-electron chi connectivity index (χ3n) is 5.84. The van der Waals surface area contributed by atoms with Crippen LogP contribution in [0.5, 0.6) is 0 Å². The van der Waals surface area contributed by atoms with Crippen LogP contribution in [0.15, 0.2) is 79.1 Å². The summed E-state index contributed by atoms with van der Waals surface area (Å²) >= 11 is 0. The average Bonchev–Trinajstić information content (AvgIpc) is 3.51. The molecule has 2 heterocycles. The normalized spacial score (nSPS) is 18.6. The first-order valence-electron chi connectivity index (χ1n) is 10.0. The number of nitrogens with one attached hydrogen (secondary N) is 1. The number of fused-ring (bicyclic) bond motifs is 2. The lowest BCUT2D eigenvalue weighted by atomic mass is 10.0. The van der Waals surface area contributed by atoms with Crippen LogP contribution >= 0.6 is 0 Å². The lowest BCUT2D eigenvalue weighted by Gasteiger charge is -2.38. The van der Waals surface area contributed by atoms with Crippen molar-refractivity contribution >= 4 is 22.6 Å². The minimum Gasteiger partial charge on any atom is -0.361 e. The van der Waals surface area contributed by atoms with E-state index in [0.29, 0.717) is 6.04 Å². The summed E-state index contributed by atoms with van der Waals surface area (Å²) in [5.41, 5.74) is 5.88. The van der Waals surface area contributed by atoms with Crippen molar-refractivity contribution in [1.82, 2.24) is 14.5 Å². The quantitative estimate of drug-likeness (QED) is 0.558. The number of carbonyl (C=O) groups is 1. The number of imidazole rings is 1. The zero-order chi connectivity index (χ0) is 19.4. The Labute approximate surface area is 168 Å². The van der Waals surface area contributed by atoms with Gasteiger partial charge in [0.2, 0.25) is 0 Å².